The minimum absolute atomic E-state index is 0.562. The van der Waals surface area contributed by atoms with Crippen LogP contribution >= 0.6 is 0 Å². The Balaban J connectivity index is 2.62. The maximum Gasteiger partial charge on any atom is 0.160 e. The van der Waals surface area contributed by atoms with E-state index < -0.39 is 0 Å². The van der Waals surface area contributed by atoms with Crippen LogP contribution in [0, 0.1) is 0 Å². The second kappa shape index (κ2) is 6.97. The third-order valence-electron chi connectivity index (χ3n) is 2.19. The predicted molar refractivity (Wildman–Crippen MR) is 64.2 cm³/mol. The average molecular weight is 225 g/mol. The molecule has 0 aliphatic rings. The molecule has 0 atom stereocenters. The zero-order valence-corrected chi connectivity index (χ0v) is 9.81. The Morgan fingerprint density at radius 3 is 2.88 bits per heavy atom. The Morgan fingerprint density at radius 2 is 2.25 bits per heavy atom. The molecule has 6 heteroatoms. The molecule has 16 heavy (non-hydrogen) atoms. The van der Waals surface area contributed by atoms with E-state index >= 15 is 0 Å². The van der Waals surface area contributed by atoms with Gasteiger partial charge in [-0.05, 0) is 13.8 Å². The summed E-state index contributed by atoms with van der Waals surface area (Å²) in [6, 6.07) is 0. The monoisotopic (exact) mass is 225 g/mol. The first kappa shape index (κ1) is 12.7. The number of nitrogens with two attached hydrogens (primary N) is 1. The summed E-state index contributed by atoms with van der Waals surface area (Å²) < 4.78 is 5.31. The summed E-state index contributed by atoms with van der Waals surface area (Å²) in [5.41, 5.74) is 2.48. The zero-order chi connectivity index (χ0) is 11.8. The van der Waals surface area contributed by atoms with Crippen molar-refractivity contribution >= 4 is 11.6 Å². The van der Waals surface area contributed by atoms with Gasteiger partial charge >= 0.3 is 0 Å². The number of hydrogen-bond donors (Lipinski definition) is 2. The van der Waals surface area contributed by atoms with E-state index in [-0.39, 0.29) is 0 Å². The van der Waals surface area contributed by atoms with Crippen LogP contribution in [-0.4, -0.2) is 36.3 Å². The fourth-order valence-corrected chi connectivity index (χ4v) is 1.33. The Hall–Kier alpha value is -1.40. The molecule has 0 amide bonds. The minimum Gasteiger partial charge on any atom is -0.380 e. The smallest absolute Gasteiger partial charge is 0.160 e. The Labute approximate surface area is 95.8 Å². The van der Waals surface area contributed by atoms with Gasteiger partial charge in [0.05, 0.1) is 19.0 Å². The van der Waals surface area contributed by atoms with Gasteiger partial charge in [0, 0.05) is 19.7 Å². The van der Waals surface area contributed by atoms with Crippen molar-refractivity contribution in [1.29, 1.82) is 0 Å². The van der Waals surface area contributed by atoms with Crippen molar-refractivity contribution in [2.45, 2.75) is 13.8 Å². The summed E-state index contributed by atoms with van der Waals surface area (Å²) in [6.07, 6.45) is 3.30. The number of ether oxygens (including phenoxy) is 1. The first-order chi connectivity index (χ1) is 7.81. The number of aromatic nitrogens is 2. The van der Waals surface area contributed by atoms with Gasteiger partial charge in [0.15, 0.2) is 5.82 Å². The molecule has 90 valence electrons. The standard InChI is InChI=1S/C10H19N5O/c1-3-15(5-6-16-4-2)10-8-12-7-9(13-10)14-11/h7-8H,3-6,11H2,1-2H3,(H,13,14). The molecule has 0 aliphatic heterocycles. The van der Waals surface area contributed by atoms with Crippen LogP contribution in [0.1, 0.15) is 13.8 Å². The molecule has 3 N–H and O–H groups in total. The molecule has 1 aromatic heterocycles. The van der Waals surface area contributed by atoms with Crippen LogP contribution in [0.25, 0.3) is 0 Å². The lowest BCUT2D eigenvalue weighted by molar-refractivity contribution is 0.154. The molecule has 1 heterocycles. The molecular formula is C10H19N5O. The van der Waals surface area contributed by atoms with Crippen molar-refractivity contribution in [3.8, 4) is 0 Å². The van der Waals surface area contributed by atoms with E-state index in [1.807, 2.05) is 6.92 Å². The molecule has 0 unspecified atom stereocenters. The van der Waals surface area contributed by atoms with Crippen LogP contribution in [-0.2, 0) is 4.74 Å². The lowest BCUT2D eigenvalue weighted by Crippen LogP contribution is -2.28. The van der Waals surface area contributed by atoms with E-state index in [9.17, 15) is 0 Å². The number of likely N-dealkylation sites (N-methyl/N-ethyl adjacent to an activating group) is 1. The van der Waals surface area contributed by atoms with Crippen molar-refractivity contribution in [3.05, 3.63) is 12.4 Å². The van der Waals surface area contributed by atoms with Gasteiger partial charge in [-0.3, -0.25) is 4.98 Å². The molecule has 0 saturated carbocycles. The van der Waals surface area contributed by atoms with E-state index in [4.69, 9.17) is 10.6 Å². The van der Waals surface area contributed by atoms with Crippen molar-refractivity contribution in [3.63, 3.8) is 0 Å². The molecule has 0 aliphatic carbocycles. The van der Waals surface area contributed by atoms with Gasteiger partial charge in [-0.25, -0.2) is 10.8 Å². The van der Waals surface area contributed by atoms with Gasteiger partial charge in [-0.2, -0.15) is 0 Å². The van der Waals surface area contributed by atoms with E-state index in [1.54, 1.807) is 12.4 Å². The maximum absolute atomic E-state index is 5.31. The van der Waals surface area contributed by atoms with Gasteiger partial charge in [0.2, 0.25) is 0 Å². The van der Waals surface area contributed by atoms with Gasteiger partial charge in [-0.1, -0.05) is 0 Å². The zero-order valence-electron chi connectivity index (χ0n) is 9.81. The number of hydrazine groups is 1. The summed E-state index contributed by atoms with van der Waals surface area (Å²) in [7, 11) is 0. The summed E-state index contributed by atoms with van der Waals surface area (Å²) in [4.78, 5) is 10.5. The number of nitrogen functional groups attached to an aromatic ring is 1. The van der Waals surface area contributed by atoms with Crippen molar-refractivity contribution < 1.29 is 4.74 Å². The first-order valence-corrected chi connectivity index (χ1v) is 5.43. The van der Waals surface area contributed by atoms with Crippen LogP contribution in [0.15, 0.2) is 12.4 Å². The molecular weight excluding hydrogens is 206 g/mol. The summed E-state index contributed by atoms with van der Waals surface area (Å²) in [5, 5.41) is 0. The van der Waals surface area contributed by atoms with E-state index in [1.165, 1.54) is 0 Å². The highest BCUT2D eigenvalue weighted by atomic mass is 16.5. The predicted octanol–water partition coefficient (Wildman–Crippen LogP) is 0.625. The molecule has 1 rings (SSSR count). The average Bonchev–Trinajstić information content (AvgIpc) is 2.35. The quantitative estimate of drug-likeness (QED) is 0.402. The molecule has 0 spiro atoms. The van der Waals surface area contributed by atoms with E-state index in [0.717, 1.165) is 25.5 Å². The molecule has 0 bridgehead atoms. The number of nitrogens with zero attached hydrogens (tertiary/aromatic N) is 3. The highest BCUT2D eigenvalue weighted by Crippen LogP contribution is 2.10. The van der Waals surface area contributed by atoms with Crippen molar-refractivity contribution in [2.24, 2.45) is 5.84 Å². The summed E-state index contributed by atoms with van der Waals surface area (Å²) in [6.45, 7) is 7.12. The Morgan fingerprint density at radius 1 is 1.44 bits per heavy atom. The fourth-order valence-electron chi connectivity index (χ4n) is 1.33. The molecule has 0 fully saturated rings. The maximum atomic E-state index is 5.31. The van der Waals surface area contributed by atoms with Gasteiger partial charge in [-0.15, -0.1) is 0 Å². The van der Waals surface area contributed by atoms with E-state index in [2.05, 4.69) is 27.2 Å². The number of nitrogens with one attached hydrogen (secondary N) is 1. The van der Waals surface area contributed by atoms with Gasteiger partial charge < -0.3 is 15.1 Å². The third-order valence-corrected chi connectivity index (χ3v) is 2.19. The van der Waals surface area contributed by atoms with Crippen LogP contribution in [0.2, 0.25) is 0 Å². The first-order valence-electron chi connectivity index (χ1n) is 5.43. The normalized spacial score (nSPS) is 10.2. The SMILES string of the molecule is CCOCCN(CC)c1cncc(NN)n1. The number of hydrogen-bond acceptors (Lipinski definition) is 6. The van der Waals surface area contributed by atoms with Gasteiger partial charge in [0.1, 0.15) is 5.82 Å². The van der Waals surface area contributed by atoms with Crippen LogP contribution < -0.4 is 16.2 Å². The Bertz CT molecular complexity index is 307. The lowest BCUT2D eigenvalue weighted by atomic mass is 10.4. The molecule has 0 radical (unpaired) electrons. The lowest BCUT2D eigenvalue weighted by Gasteiger charge is -2.21. The second-order valence-corrected chi connectivity index (χ2v) is 3.18. The summed E-state index contributed by atoms with van der Waals surface area (Å²) in [5.74, 6) is 6.65. The molecule has 0 aromatic carbocycles. The van der Waals surface area contributed by atoms with Crippen LogP contribution in [0.4, 0.5) is 11.6 Å². The summed E-state index contributed by atoms with van der Waals surface area (Å²) >= 11 is 0. The Kier molecular flexibility index (Phi) is 5.52. The highest BCUT2D eigenvalue weighted by Gasteiger charge is 2.06. The number of rotatable bonds is 7. The van der Waals surface area contributed by atoms with Crippen LogP contribution in [0.5, 0.6) is 0 Å². The van der Waals surface area contributed by atoms with E-state index in [0.29, 0.717) is 12.4 Å². The molecule has 6 nitrogen and oxygen atoms in total. The molecule has 0 saturated heterocycles. The third kappa shape index (κ3) is 3.63. The van der Waals surface area contributed by atoms with Crippen LogP contribution in [0.3, 0.4) is 0 Å². The van der Waals surface area contributed by atoms with Crippen molar-refractivity contribution in [2.75, 3.05) is 36.6 Å². The fraction of sp³-hybridized carbons (Fsp3) is 0.600. The topological polar surface area (TPSA) is 76.3 Å². The second-order valence-electron chi connectivity index (χ2n) is 3.18. The largest absolute Gasteiger partial charge is 0.380 e. The molecule has 1 aromatic rings. The van der Waals surface area contributed by atoms with Gasteiger partial charge in [0.25, 0.3) is 0 Å². The minimum atomic E-state index is 0.562. The highest BCUT2D eigenvalue weighted by molar-refractivity contribution is 5.42. The number of anilines is 2. The van der Waals surface area contributed by atoms with Crippen molar-refractivity contribution in [1.82, 2.24) is 9.97 Å².